The van der Waals surface area contributed by atoms with Crippen LogP contribution in [-0.4, -0.2) is 31.1 Å². The summed E-state index contributed by atoms with van der Waals surface area (Å²) in [4.78, 5) is 14.5. The van der Waals surface area contributed by atoms with Gasteiger partial charge in [0.05, 0.1) is 12.7 Å². The molecule has 0 saturated carbocycles. The van der Waals surface area contributed by atoms with E-state index in [1.807, 2.05) is 12.1 Å². The van der Waals surface area contributed by atoms with Gasteiger partial charge >= 0.3 is 5.97 Å². The SMILES string of the molecule is CCN(CC)Cc1ccc(COC(=O)c2cccc(OC)c2)cc1. The van der Waals surface area contributed by atoms with Crippen LogP contribution in [0.25, 0.3) is 0 Å². The predicted octanol–water partition coefficient (Wildman–Crippen LogP) is 3.89. The van der Waals surface area contributed by atoms with Crippen molar-refractivity contribution in [3.05, 3.63) is 65.2 Å². The summed E-state index contributed by atoms with van der Waals surface area (Å²) in [5.41, 5.74) is 2.74. The fraction of sp³-hybridized carbons (Fsp3) is 0.350. The summed E-state index contributed by atoms with van der Waals surface area (Å²) in [5, 5.41) is 0. The first-order valence-electron chi connectivity index (χ1n) is 8.27. The van der Waals surface area contributed by atoms with Gasteiger partial charge in [0, 0.05) is 6.54 Å². The van der Waals surface area contributed by atoms with Crippen molar-refractivity contribution in [2.24, 2.45) is 0 Å². The van der Waals surface area contributed by atoms with Gasteiger partial charge in [-0.3, -0.25) is 4.90 Å². The number of methoxy groups -OCH3 is 1. The van der Waals surface area contributed by atoms with Crippen LogP contribution >= 0.6 is 0 Å². The van der Waals surface area contributed by atoms with Gasteiger partial charge in [-0.25, -0.2) is 4.79 Å². The number of esters is 1. The van der Waals surface area contributed by atoms with Crippen LogP contribution in [-0.2, 0) is 17.9 Å². The lowest BCUT2D eigenvalue weighted by Gasteiger charge is -2.18. The third-order valence-corrected chi connectivity index (χ3v) is 4.00. The second-order valence-electron chi connectivity index (χ2n) is 5.59. The van der Waals surface area contributed by atoms with E-state index in [9.17, 15) is 4.79 Å². The van der Waals surface area contributed by atoms with Crippen LogP contribution in [0.3, 0.4) is 0 Å². The van der Waals surface area contributed by atoms with Gasteiger partial charge in [0.2, 0.25) is 0 Å². The van der Waals surface area contributed by atoms with Crippen molar-refractivity contribution < 1.29 is 14.3 Å². The Kier molecular flexibility index (Phi) is 6.82. The highest BCUT2D eigenvalue weighted by Gasteiger charge is 2.08. The molecule has 0 atom stereocenters. The second kappa shape index (κ2) is 9.08. The maximum Gasteiger partial charge on any atom is 0.338 e. The molecule has 24 heavy (non-hydrogen) atoms. The normalized spacial score (nSPS) is 10.7. The van der Waals surface area contributed by atoms with Crippen LogP contribution < -0.4 is 4.74 Å². The third kappa shape index (κ3) is 5.10. The van der Waals surface area contributed by atoms with Crippen LogP contribution in [0.1, 0.15) is 35.3 Å². The highest BCUT2D eigenvalue weighted by Crippen LogP contribution is 2.14. The Morgan fingerprint density at radius 1 is 1.00 bits per heavy atom. The van der Waals surface area contributed by atoms with Crippen molar-refractivity contribution in [1.82, 2.24) is 4.90 Å². The molecule has 4 nitrogen and oxygen atoms in total. The number of carbonyl (C=O) groups excluding carboxylic acids is 1. The molecular weight excluding hydrogens is 302 g/mol. The van der Waals surface area contributed by atoms with Crippen LogP contribution in [0.2, 0.25) is 0 Å². The fourth-order valence-electron chi connectivity index (χ4n) is 2.43. The van der Waals surface area contributed by atoms with Gasteiger partial charge in [0.25, 0.3) is 0 Å². The number of benzene rings is 2. The Morgan fingerprint density at radius 3 is 2.29 bits per heavy atom. The highest BCUT2D eigenvalue weighted by atomic mass is 16.5. The average molecular weight is 327 g/mol. The Balaban J connectivity index is 1.90. The Labute approximate surface area is 144 Å². The Morgan fingerprint density at radius 2 is 1.67 bits per heavy atom. The van der Waals surface area contributed by atoms with E-state index >= 15 is 0 Å². The lowest BCUT2D eigenvalue weighted by molar-refractivity contribution is 0.0472. The van der Waals surface area contributed by atoms with Gasteiger partial charge in [-0.05, 0) is 42.4 Å². The van der Waals surface area contributed by atoms with E-state index in [-0.39, 0.29) is 12.6 Å². The second-order valence-corrected chi connectivity index (χ2v) is 5.59. The molecule has 0 unspecified atom stereocenters. The molecule has 0 fully saturated rings. The zero-order chi connectivity index (χ0) is 17.4. The number of rotatable bonds is 8. The number of hydrogen-bond donors (Lipinski definition) is 0. The molecule has 0 bridgehead atoms. The van der Waals surface area contributed by atoms with Crippen molar-refractivity contribution in [3.63, 3.8) is 0 Å². The standard InChI is InChI=1S/C20H25NO3/c1-4-21(5-2)14-16-9-11-17(12-10-16)15-24-20(22)18-7-6-8-19(13-18)23-3/h6-13H,4-5,14-15H2,1-3H3. The maximum absolute atomic E-state index is 12.1. The summed E-state index contributed by atoms with van der Waals surface area (Å²) >= 11 is 0. The van der Waals surface area contributed by atoms with E-state index in [0.717, 1.165) is 25.2 Å². The molecule has 2 rings (SSSR count). The molecule has 0 amide bonds. The number of ether oxygens (including phenoxy) is 2. The molecule has 0 aliphatic heterocycles. The van der Waals surface area contributed by atoms with Crippen molar-refractivity contribution in [2.75, 3.05) is 20.2 Å². The molecule has 0 aliphatic rings. The summed E-state index contributed by atoms with van der Waals surface area (Å²) < 4.78 is 10.5. The van der Waals surface area contributed by atoms with Gasteiger partial charge < -0.3 is 9.47 Å². The quantitative estimate of drug-likeness (QED) is 0.690. The summed E-state index contributed by atoms with van der Waals surface area (Å²) in [6.45, 7) is 7.61. The molecule has 2 aromatic carbocycles. The summed E-state index contributed by atoms with van der Waals surface area (Å²) in [7, 11) is 1.57. The van der Waals surface area contributed by atoms with E-state index < -0.39 is 0 Å². The molecule has 0 heterocycles. The number of nitrogens with zero attached hydrogens (tertiary/aromatic N) is 1. The molecule has 0 aliphatic carbocycles. The van der Waals surface area contributed by atoms with E-state index in [0.29, 0.717) is 11.3 Å². The zero-order valence-corrected chi connectivity index (χ0v) is 14.6. The lowest BCUT2D eigenvalue weighted by atomic mass is 10.1. The third-order valence-electron chi connectivity index (χ3n) is 4.00. The average Bonchev–Trinajstić information content (AvgIpc) is 2.65. The monoisotopic (exact) mass is 327 g/mol. The topological polar surface area (TPSA) is 38.8 Å². The van der Waals surface area contributed by atoms with Crippen LogP contribution in [0.15, 0.2) is 48.5 Å². The van der Waals surface area contributed by atoms with Crippen LogP contribution in [0.5, 0.6) is 5.75 Å². The molecule has 0 saturated heterocycles. The maximum atomic E-state index is 12.1. The van der Waals surface area contributed by atoms with E-state index in [1.54, 1.807) is 31.4 Å². The Bertz CT molecular complexity index is 648. The minimum atomic E-state index is -0.346. The van der Waals surface area contributed by atoms with Crippen LogP contribution in [0, 0.1) is 0 Å². The molecule has 2 aromatic rings. The largest absolute Gasteiger partial charge is 0.497 e. The highest BCUT2D eigenvalue weighted by molar-refractivity contribution is 5.89. The molecule has 0 aromatic heterocycles. The van der Waals surface area contributed by atoms with Gasteiger partial charge in [-0.1, -0.05) is 44.2 Å². The van der Waals surface area contributed by atoms with Gasteiger partial charge in [0.15, 0.2) is 0 Å². The lowest BCUT2D eigenvalue weighted by Crippen LogP contribution is -2.22. The first kappa shape index (κ1) is 18.0. The van der Waals surface area contributed by atoms with Crippen molar-refractivity contribution in [2.45, 2.75) is 27.0 Å². The van der Waals surface area contributed by atoms with Crippen LogP contribution in [0.4, 0.5) is 0 Å². The van der Waals surface area contributed by atoms with Gasteiger partial charge in [0.1, 0.15) is 12.4 Å². The Hall–Kier alpha value is -2.33. The first-order valence-corrected chi connectivity index (χ1v) is 8.27. The summed E-state index contributed by atoms with van der Waals surface area (Å²) in [5.74, 6) is 0.298. The number of hydrogen-bond acceptors (Lipinski definition) is 4. The van der Waals surface area contributed by atoms with E-state index in [1.165, 1.54) is 5.56 Å². The van der Waals surface area contributed by atoms with Crippen molar-refractivity contribution in [1.29, 1.82) is 0 Å². The minimum Gasteiger partial charge on any atom is -0.497 e. The summed E-state index contributed by atoms with van der Waals surface area (Å²) in [6, 6.07) is 15.2. The van der Waals surface area contributed by atoms with E-state index in [4.69, 9.17) is 9.47 Å². The van der Waals surface area contributed by atoms with Crippen molar-refractivity contribution >= 4 is 5.97 Å². The molecular formula is C20H25NO3. The number of carbonyl (C=O) groups is 1. The predicted molar refractivity (Wildman–Crippen MR) is 95.2 cm³/mol. The molecule has 128 valence electrons. The smallest absolute Gasteiger partial charge is 0.338 e. The summed E-state index contributed by atoms with van der Waals surface area (Å²) in [6.07, 6.45) is 0. The zero-order valence-electron chi connectivity index (χ0n) is 14.6. The fourth-order valence-corrected chi connectivity index (χ4v) is 2.43. The molecule has 0 N–H and O–H groups in total. The minimum absolute atomic E-state index is 0.265. The molecule has 4 heteroatoms. The first-order chi connectivity index (χ1) is 11.7. The van der Waals surface area contributed by atoms with E-state index in [2.05, 4.69) is 30.9 Å². The van der Waals surface area contributed by atoms with Gasteiger partial charge in [-0.15, -0.1) is 0 Å². The van der Waals surface area contributed by atoms with Crippen molar-refractivity contribution in [3.8, 4) is 5.75 Å². The molecule has 0 radical (unpaired) electrons. The molecule has 0 spiro atoms. The van der Waals surface area contributed by atoms with Gasteiger partial charge in [-0.2, -0.15) is 0 Å².